The van der Waals surface area contributed by atoms with Crippen molar-refractivity contribution < 1.29 is 21.6 Å². The van der Waals surface area contributed by atoms with Gasteiger partial charge in [0.15, 0.2) is 0 Å². The lowest BCUT2D eigenvalue weighted by Crippen LogP contribution is -2.49. The third-order valence-corrected chi connectivity index (χ3v) is 4.26. The van der Waals surface area contributed by atoms with Crippen LogP contribution in [0.2, 0.25) is 0 Å². The highest BCUT2D eigenvalue weighted by Gasteiger charge is 2.35. The first-order valence-corrected chi connectivity index (χ1v) is 7.24. The van der Waals surface area contributed by atoms with Crippen LogP contribution in [0.25, 0.3) is 0 Å². The summed E-state index contributed by atoms with van der Waals surface area (Å²) < 4.78 is 62.6. The molecule has 0 aromatic heterocycles. The summed E-state index contributed by atoms with van der Waals surface area (Å²) in [6.07, 6.45) is -3.37. The topological polar surface area (TPSA) is 61.4 Å². The minimum absolute atomic E-state index is 0. The molecule has 116 valence electrons. The van der Waals surface area contributed by atoms with E-state index in [1.54, 1.807) is 11.6 Å². The first-order valence-electron chi connectivity index (χ1n) is 5.80. The Bertz CT molecular complexity index is 358. The van der Waals surface area contributed by atoms with Gasteiger partial charge >= 0.3 is 6.18 Å². The molecule has 0 amide bonds. The molecule has 1 rings (SSSR count). The summed E-state index contributed by atoms with van der Waals surface area (Å²) in [5.74, 6) is 0. The third kappa shape index (κ3) is 6.26. The maximum Gasteiger partial charge on any atom is 0.402 e. The van der Waals surface area contributed by atoms with Gasteiger partial charge in [-0.2, -0.15) is 30.6 Å². The molecule has 2 N–H and O–H groups in total. The van der Waals surface area contributed by atoms with Crippen LogP contribution < -0.4 is 10.0 Å². The zero-order valence-electron chi connectivity index (χ0n) is 10.5. The second kappa shape index (κ2) is 7.63. The van der Waals surface area contributed by atoms with E-state index in [1.807, 2.05) is 0 Å². The van der Waals surface area contributed by atoms with Crippen LogP contribution in [0.3, 0.4) is 0 Å². The van der Waals surface area contributed by atoms with Gasteiger partial charge in [-0.05, 0) is 19.4 Å². The molecule has 0 aromatic rings. The van der Waals surface area contributed by atoms with Crippen LogP contribution in [-0.4, -0.2) is 51.1 Å². The van der Waals surface area contributed by atoms with Crippen LogP contribution in [0.15, 0.2) is 0 Å². The molecule has 0 aromatic carbocycles. The molecule has 0 radical (unpaired) electrons. The minimum atomic E-state index is -4.54. The number of nitrogens with zero attached hydrogens (tertiary/aromatic N) is 1. The fourth-order valence-corrected chi connectivity index (χ4v) is 3.37. The van der Waals surface area contributed by atoms with Gasteiger partial charge in [0.2, 0.25) is 0 Å². The van der Waals surface area contributed by atoms with Gasteiger partial charge in [0.05, 0.1) is 0 Å². The first kappa shape index (κ1) is 18.9. The van der Waals surface area contributed by atoms with Crippen molar-refractivity contribution in [3.63, 3.8) is 0 Å². The van der Waals surface area contributed by atoms with E-state index in [0.717, 1.165) is 4.31 Å². The largest absolute Gasteiger partial charge is 0.402 e. The molecule has 0 bridgehead atoms. The molecular formula is C9H19ClF3N3O2S. The number of hydrogen-bond donors (Lipinski definition) is 2. The van der Waals surface area contributed by atoms with E-state index in [0.29, 0.717) is 25.9 Å². The molecule has 1 atom stereocenters. The monoisotopic (exact) mass is 325 g/mol. The molecule has 1 aliphatic rings. The Labute approximate surface area is 117 Å². The Morgan fingerprint density at radius 3 is 2.47 bits per heavy atom. The summed E-state index contributed by atoms with van der Waals surface area (Å²) in [7, 11) is -4.08. The van der Waals surface area contributed by atoms with E-state index < -0.39 is 22.9 Å². The molecule has 1 unspecified atom stereocenters. The van der Waals surface area contributed by atoms with Gasteiger partial charge < -0.3 is 5.32 Å². The van der Waals surface area contributed by atoms with Crippen molar-refractivity contribution >= 4 is 22.6 Å². The molecular weight excluding hydrogens is 307 g/mol. The van der Waals surface area contributed by atoms with Gasteiger partial charge in [0.1, 0.15) is 6.54 Å². The standard InChI is InChI=1S/C9H18F3N3O2S.ClH/c1-2-5-15(8-3-4-13-6-8)18(16,17)14-7-9(10,11)12;/h8,13-14H,2-7H2,1H3;1H. The average molecular weight is 326 g/mol. The van der Waals surface area contributed by atoms with Crippen molar-refractivity contribution in [2.45, 2.75) is 32.0 Å². The van der Waals surface area contributed by atoms with Gasteiger partial charge in [-0.15, -0.1) is 12.4 Å². The van der Waals surface area contributed by atoms with E-state index in [1.165, 1.54) is 0 Å². The van der Waals surface area contributed by atoms with Crippen LogP contribution in [0.4, 0.5) is 13.2 Å². The molecule has 0 aliphatic carbocycles. The van der Waals surface area contributed by atoms with Crippen molar-refractivity contribution in [1.29, 1.82) is 0 Å². The maximum absolute atomic E-state index is 12.1. The predicted octanol–water partition coefficient (Wildman–Crippen LogP) is 0.879. The molecule has 1 saturated heterocycles. The van der Waals surface area contributed by atoms with Crippen LogP contribution >= 0.6 is 12.4 Å². The Balaban J connectivity index is 0.00000324. The van der Waals surface area contributed by atoms with Gasteiger partial charge in [0, 0.05) is 19.1 Å². The second-order valence-corrected chi connectivity index (χ2v) is 5.91. The van der Waals surface area contributed by atoms with E-state index in [-0.39, 0.29) is 25.0 Å². The molecule has 19 heavy (non-hydrogen) atoms. The quantitative estimate of drug-likeness (QED) is 0.762. The summed E-state index contributed by atoms with van der Waals surface area (Å²) >= 11 is 0. The lowest BCUT2D eigenvalue weighted by atomic mass is 10.2. The molecule has 1 aliphatic heterocycles. The van der Waals surface area contributed by atoms with Gasteiger partial charge in [0.25, 0.3) is 10.2 Å². The summed E-state index contributed by atoms with van der Waals surface area (Å²) in [6.45, 7) is 1.64. The Kier molecular flexibility index (Phi) is 7.59. The van der Waals surface area contributed by atoms with Crippen molar-refractivity contribution in [2.75, 3.05) is 26.2 Å². The number of hydrogen-bond acceptors (Lipinski definition) is 3. The van der Waals surface area contributed by atoms with Crippen molar-refractivity contribution in [1.82, 2.24) is 14.3 Å². The highest BCUT2D eigenvalue weighted by Crippen LogP contribution is 2.16. The summed E-state index contributed by atoms with van der Waals surface area (Å²) in [6, 6.07) is -0.268. The van der Waals surface area contributed by atoms with E-state index in [2.05, 4.69) is 5.32 Å². The molecule has 1 heterocycles. The number of rotatable bonds is 6. The van der Waals surface area contributed by atoms with Crippen molar-refractivity contribution in [3.8, 4) is 0 Å². The van der Waals surface area contributed by atoms with Gasteiger partial charge in [-0.25, -0.2) is 0 Å². The second-order valence-electron chi connectivity index (χ2n) is 4.20. The van der Waals surface area contributed by atoms with Gasteiger partial charge in [-0.3, -0.25) is 0 Å². The smallest absolute Gasteiger partial charge is 0.315 e. The van der Waals surface area contributed by atoms with E-state index in [4.69, 9.17) is 0 Å². The molecule has 0 saturated carbocycles. The predicted molar refractivity (Wildman–Crippen MR) is 68.5 cm³/mol. The Hall–Kier alpha value is -0.0900. The highest BCUT2D eigenvalue weighted by atomic mass is 35.5. The minimum Gasteiger partial charge on any atom is -0.315 e. The average Bonchev–Trinajstić information content (AvgIpc) is 2.75. The van der Waals surface area contributed by atoms with Crippen LogP contribution in [0, 0.1) is 0 Å². The molecule has 1 fully saturated rings. The lowest BCUT2D eigenvalue weighted by Gasteiger charge is -2.27. The van der Waals surface area contributed by atoms with E-state index >= 15 is 0 Å². The Morgan fingerprint density at radius 1 is 1.42 bits per heavy atom. The summed E-state index contributed by atoms with van der Waals surface area (Å²) in [4.78, 5) is 0. The SMILES string of the molecule is CCCN(C1CCNC1)S(=O)(=O)NCC(F)(F)F.Cl. The first-order chi connectivity index (χ1) is 8.26. The zero-order chi connectivity index (χ0) is 13.8. The highest BCUT2D eigenvalue weighted by molar-refractivity contribution is 7.87. The fourth-order valence-electron chi connectivity index (χ4n) is 1.86. The van der Waals surface area contributed by atoms with Gasteiger partial charge in [-0.1, -0.05) is 6.92 Å². The lowest BCUT2D eigenvalue weighted by molar-refractivity contribution is -0.121. The fraction of sp³-hybridized carbons (Fsp3) is 1.00. The normalized spacial score (nSPS) is 20.6. The number of alkyl halides is 3. The molecule has 10 heteroatoms. The van der Waals surface area contributed by atoms with Crippen LogP contribution in [0.5, 0.6) is 0 Å². The number of nitrogens with one attached hydrogen (secondary N) is 2. The Morgan fingerprint density at radius 2 is 2.05 bits per heavy atom. The van der Waals surface area contributed by atoms with Crippen LogP contribution in [0.1, 0.15) is 19.8 Å². The number of halogens is 4. The van der Waals surface area contributed by atoms with E-state index in [9.17, 15) is 21.6 Å². The van der Waals surface area contributed by atoms with Crippen molar-refractivity contribution in [3.05, 3.63) is 0 Å². The summed E-state index contributed by atoms with van der Waals surface area (Å²) in [5, 5.41) is 3.00. The zero-order valence-corrected chi connectivity index (χ0v) is 12.2. The third-order valence-electron chi connectivity index (χ3n) is 2.65. The molecule has 5 nitrogen and oxygen atoms in total. The maximum atomic E-state index is 12.1. The molecule has 0 spiro atoms. The van der Waals surface area contributed by atoms with Crippen LogP contribution in [-0.2, 0) is 10.2 Å². The summed E-state index contributed by atoms with van der Waals surface area (Å²) in [5.41, 5.74) is 0. The van der Waals surface area contributed by atoms with Crippen molar-refractivity contribution in [2.24, 2.45) is 0 Å².